The number of hydrogen-bond acceptors (Lipinski definition) is 5. The molecule has 0 aliphatic carbocycles. The molecule has 23 heavy (non-hydrogen) atoms. The van der Waals surface area contributed by atoms with Gasteiger partial charge in [0.1, 0.15) is 6.61 Å². The first-order valence-electron chi connectivity index (χ1n) is 7.81. The van der Waals surface area contributed by atoms with Crippen molar-refractivity contribution in [3.05, 3.63) is 24.3 Å². The Morgan fingerprint density at radius 1 is 1.13 bits per heavy atom. The molecular formula is C16H21N3O4. The second-order valence-electron chi connectivity index (χ2n) is 5.79. The Bertz CT molecular complexity index is 592. The lowest BCUT2D eigenvalue weighted by atomic mass is 10.2. The molecule has 2 aliphatic rings. The zero-order chi connectivity index (χ0) is 16.2. The fourth-order valence-electron chi connectivity index (χ4n) is 2.91. The standard InChI is InChI=1S/C16H21N3O4/c17-15(20)10-18-6-3-7-19(9-8-18)16(21)14-11-22-12-4-1-2-5-13(12)23-14/h1-2,4-5,14H,3,6-11H2,(H2,17,20). The first kappa shape index (κ1) is 15.6. The minimum Gasteiger partial charge on any atom is -0.485 e. The highest BCUT2D eigenvalue weighted by molar-refractivity contribution is 5.82. The molecule has 3 rings (SSSR count). The molecule has 2 aliphatic heterocycles. The molecule has 7 nitrogen and oxygen atoms in total. The molecule has 0 bridgehead atoms. The van der Waals surface area contributed by atoms with Crippen LogP contribution in [0, 0.1) is 0 Å². The van der Waals surface area contributed by atoms with Crippen molar-refractivity contribution in [1.82, 2.24) is 9.80 Å². The Morgan fingerprint density at radius 2 is 1.91 bits per heavy atom. The molecule has 2 amide bonds. The van der Waals surface area contributed by atoms with Crippen molar-refractivity contribution < 1.29 is 19.1 Å². The summed E-state index contributed by atoms with van der Waals surface area (Å²) in [7, 11) is 0. The van der Waals surface area contributed by atoms with E-state index in [9.17, 15) is 9.59 Å². The molecule has 7 heteroatoms. The predicted octanol–water partition coefficient (Wildman–Crippen LogP) is -0.154. The van der Waals surface area contributed by atoms with E-state index in [2.05, 4.69) is 0 Å². The van der Waals surface area contributed by atoms with Crippen molar-refractivity contribution in [3.8, 4) is 11.5 Å². The zero-order valence-electron chi connectivity index (χ0n) is 12.9. The molecule has 0 aromatic heterocycles. The van der Waals surface area contributed by atoms with Gasteiger partial charge >= 0.3 is 0 Å². The first-order chi connectivity index (χ1) is 11.1. The Labute approximate surface area is 134 Å². The van der Waals surface area contributed by atoms with Crippen LogP contribution < -0.4 is 15.2 Å². The maximum atomic E-state index is 12.7. The number of carbonyl (C=O) groups excluding carboxylic acids is 2. The van der Waals surface area contributed by atoms with Crippen LogP contribution in [0.3, 0.4) is 0 Å². The first-order valence-corrected chi connectivity index (χ1v) is 7.81. The summed E-state index contributed by atoms with van der Waals surface area (Å²) in [5.74, 6) is 0.855. The van der Waals surface area contributed by atoms with Gasteiger partial charge in [0, 0.05) is 26.2 Å². The van der Waals surface area contributed by atoms with Crippen LogP contribution in [-0.4, -0.2) is 67.0 Å². The van der Waals surface area contributed by atoms with Crippen LogP contribution >= 0.6 is 0 Å². The highest BCUT2D eigenvalue weighted by atomic mass is 16.6. The summed E-state index contributed by atoms with van der Waals surface area (Å²) in [5, 5.41) is 0. The Hall–Kier alpha value is -2.28. The van der Waals surface area contributed by atoms with Crippen LogP contribution in [-0.2, 0) is 9.59 Å². The molecule has 0 spiro atoms. The molecule has 124 valence electrons. The quantitative estimate of drug-likeness (QED) is 0.837. The van der Waals surface area contributed by atoms with Crippen molar-refractivity contribution in [2.75, 3.05) is 39.3 Å². The fraction of sp³-hybridized carbons (Fsp3) is 0.500. The number of nitrogens with two attached hydrogens (primary N) is 1. The summed E-state index contributed by atoms with van der Waals surface area (Å²) in [6.45, 7) is 3.06. The highest BCUT2D eigenvalue weighted by Crippen LogP contribution is 2.31. The van der Waals surface area contributed by atoms with E-state index in [0.717, 1.165) is 13.0 Å². The number of primary amides is 1. The molecule has 0 radical (unpaired) electrons. The molecule has 1 atom stereocenters. The number of benzene rings is 1. The largest absolute Gasteiger partial charge is 0.485 e. The van der Waals surface area contributed by atoms with E-state index < -0.39 is 6.10 Å². The van der Waals surface area contributed by atoms with Gasteiger partial charge in [0.05, 0.1) is 6.54 Å². The maximum absolute atomic E-state index is 12.7. The van der Waals surface area contributed by atoms with Crippen LogP contribution in [0.5, 0.6) is 11.5 Å². The molecule has 1 aromatic carbocycles. The van der Waals surface area contributed by atoms with E-state index >= 15 is 0 Å². The van der Waals surface area contributed by atoms with Crippen LogP contribution in [0.4, 0.5) is 0 Å². The topological polar surface area (TPSA) is 85.1 Å². The third-order valence-electron chi connectivity index (χ3n) is 4.06. The maximum Gasteiger partial charge on any atom is 0.267 e. The summed E-state index contributed by atoms with van der Waals surface area (Å²) in [6.07, 6.45) is 0.191. The fourth-order valence-corrected chi connectivity index (χ4v) is 2.91. The van der Waals surface area contributed by atoms with E-state index in [1.165, 1.54) is 0 Å². The van der Waals surface area contributed by atoms with Crippen LogP contribution in [0.1, 0.15) is 6.42 Å². The average molecular weight is 319 g/mol. The van der Waals surface area contributed by atoms with E-state index in [1.54, 1.807) is 11.0 Å². The van der Waals surface area contributed by atoms with Gasteiger partial charge in [-0.15, -0.1) is 0 Å². The van der Waals surface area contributed by atoms with Gasteiger partial charge in [-0.3, -0.25) is 14.5 Å². The number of rotatable bonds is 3. The number of fused-ring (bicyclic) bond motifs is 1. The van der Waals surface area contributed by atoms with Gasteiger partial charge in [0.2, 0.25) is 12.0 Å². The van der Waals surface area contributed by atoms with Crippen molar-refractivity contribution in [3.63, 3.8) is 0 Å². The van der Waals surface area contributed by atoms with Gasteiger partial charge < -0.3 is 20.1 Å². The average Bonchev–Trinajstić information content (AvgIpc) is 2.79. The van der Waals surface area contributed by atoms with Crippen molar-refractivity contribution >= 4 is 11.8 Å². The molecular weight excluding hydrogens is 298 g/mol. The van der Waals surface area contributed by atoms with Gasteiger partial charge in [0.15, 0.2) is 11.5 Å². The second-order valence-corrected chi connectivity index (χ2v) is 5.79. The van der Waals surface area contributed by atoms with Gasteiger partial charge in [-0.1, -0.05) is 12.1 Å². The Kier molecular flexibility index (Phi) is 4.66. The van der Waals surface area contributed by atoms with E-state index in [4.69, 9.17) is 15.2 Å². The van der Waals surface area contributed by atoms with Crippen molar-refractivity contribution in [2.45, 2.75) is 12.5 Å². The van der Waals surface area contributed by atoms with Gasteiger partial charge in [-0.05, 0) is 18.6 Å². The van der Waals surface area contributed by atoms with Crippen LogP contribution in [0.2, 0.25) is 0 Å². The monoisotopic (exact) mass is 319 g/mol. The van der Waals surface area contributed by atoms with Crippen LogP contribution in [0.15, 0.2) is 24.3 Å². The smallest absolute Gasteiger partial charge is 0.267 e. The molecule has 1 saturated heterocycles. The molecule has 2 N–H and O–H groups in total. The summed E-state index contributed by atoms with van der Waals surface area (Å²) in [4.78, 5) is 27.4. The second kappa shape index (κ2) is 6.87. The van der Waals surface area contributed by atoms with Gasteiger partial charge in [-0.2, -0.15) is 0 Å². The summed E-state index contributed by atoms with van der Waals surface area (Å²) in [6, 6.07) is 7.34. The summed E-state index contributed by atoms with van der Waals surface area (Å²) >= 11 is 0. The van der Waals surface area contributed by atoms with Crippen LogP contribution in [0.25, 0.3) is 0 Å². The molecule has 2 heterocycles. The lowest BCUT2D eigenvalue weighted by Gasteiger charge is -2.30. The normalized spacial score (nSPS) is 21.6. The number of amides is 2. The molecule has 1 fully saturated rings. The lowest BCUT2D eigenvalue weighted by Crippen LogP contribution is -2.47. The summed E-state index contributed by atoms with van der Waals surface area (Å²) < 4.78 is 11.4. The predicted molar refractivity (Wildman–Crippen MR) is 83.2 cm³/mol. The number of hydrogen-bond donors (Lipinski definition) is 1. The minimum absolute atomic E-state index is 0.0690. The van der Waals surface area contributed by atoms with E-state index in [-0.39, 0.29) is 25.0 Å². The van der Waals surface area contributed by atoms with E-state index in [1.807, 2.05) is 23.1 Å². The number of nitrogens with zero attached hydrogens (tertiary/aromatic N) is 2. The van der Waals surface area contributed by atoms with Gasteiger partial charge in [0.25, 0.3) is 5.91 Å². The number of para-hydroxylation sites is 2. The summed E-state index contributed by atoms with van der Waals surface area (Å²) in [5.41, 5.74) is 5.23. The third-order valence-corrected chi connectivity index (χ3v) is 4.06. The van der Waals surface area contributed by atoms with Crippen molar-refractivity contribution in [2.24, 2.45) is 5.73 Å². The third kappa shape index (κ3) is 3.73. The number of carbonyl (C=O) groups is 2. The van der Waals surface area contributed by atoms with Gasteiger partial charge in [-0.25, -0.2) is 0 Å². The van der Waals surface area contributed by atoms with E-state index in [0.29, 0.717) is 31.1 Å². The highest BCUT2D eigenvalue weighted by Gasteiger charge is 2.31. The Balaban J connectivity index is 1.59. The SMILES string of the molecule is NC(=O)CN1CCCN(C(=O)C2COc3ccccc3O2)CC1. The number of ether oxygens (including phenoxy) is 2. The zero-order valence-corrected chi connectivity index (χ0v) is 12.9. The molecule has 1 aromatic rings. The van der Waals surface area contributed by atoms with Crippen molar-refractivity contribution in [1.29, 1.82) is 0 Å². The molecule has 1 unspecified atom stereocenters. The lowest BCUT2D eigenvalue weighted by molar-refractivity contribution is -0.141. The minimum atomic E-state index is -0.618. The molecule has 0 saturated carbocycles. The Morgan fingerprint density at radius 3 is 2.70 bits per heavy atom.